The lowest BCUT2D eigenvalue weighted by atomic mass is 9.87. The van der Waals surface area contributed by atoms with Gasteiger partial charge in [-0.2, -0.15) is 4.31 Å². The van der Waals surface area contributed by atoms with Crippen LogP contribution in [0.25, 0.3) is 0 Å². The van der Waals surface area contributed by atoms with Crippen LogP contribution >= 0.6 is 11.3 Å². The minimum Gasteiger partial charge on any atom is -0.332 e. The lowest BCUT2D eigenvalue weighted by molar-refractivity contribution is -0.133. The van der Waals surface area contributed by atoms with E-state index in [1.54, 1.807) is 40.5 Å². The summed E-state index contributed by atoms with van der Waals surface area (Å²) in [6.07, 6.45) is 4.46. The van der Waals surface area contributed by atoms with Gasteiger partial charge in [0.2, 0.25) is 15.9 Å². The van der Waals surface area contributed by atoms with Gasteiger partial charge in [-0.1, -0.05) is 70.4 Å². The van der Waals surface area contributed by atoms with E-state index in [2.05, 4.69) is 20.8 Å². The quantitative estimate of drug-likeness (QED) is 0.293. The van der Waals surface area contributed by atoms with Crippen LogP contribution in [0.4, 0.5) is 4.39 Å². The van der Waals surface area contributed by atoms with Gasteiger partial charge in [0.15, 0.2) is 0 Å². The number of rotatable bonds is 9. The van der Waals surface area contributed by atoms with Crippen LogP contribution in [0.2, 0.25) is 0 Å². The molecule has 1 saturated carbocycles. The van der Waals surface area contributed by atoms with Crippen LogP contribution < -0.4 is 0 Å². The van der Waals surface area contributed by atoms with Gasteiger partial charge in [0.05, 0.1) is 18.0 Å². The van der Waals surface area contributed by atoms with Crippen molar-refractivity contribution < 1.29 is 17.6 Å². The molecule has 1 aromatic heterocycles. The summed E-state index contributed by atoms with van der Waals surface area (Å²) in [4.78, 5) is 16.7. The number of sulfonamides is 1. The summed E-state index contributed by atoms with van der Waals surface area (Å²) in [7, 11) is -3.89. The molecule has 1 heterocycles. The topological polar surface area (TPSA) is 57.7 Å². The van der Waals surface area contributed by atoms with Crippen molar-refractivity contribution in [1.82, 2.24) is 9.21 Å². The molecule has 4 rings (SSSR count). The number of hydrogen-bond donors (Lipinski definition) is 0. The number of hydrogen-bond acceptors (Lipinski definition) is 4. The number of carbonyl (C=O) groups is 1. The van der Waals surface area contributed by atoms with Crippen molar-refractivity contribution in [2.75, 3.05) is 6.54 Å². The van der Waals surface area contributed by atoms with Crippen molar-refractivity contribution in [1.29, 1.82) is 0 Å². The van der Waals surface area contributed by atoms with E-state index in [0.29, 0.717) is 6.54 Å². The number of carbonyl (C=O) groups excluding carboxylic acids is 1. The molecular formula is C30H37FN2O3S2. The fraction of sp³-hybridized carbons (Fsp3) is 0.433. The van der Waals surface area contributed by atoms with Gasteiger partial charge in [-0.15, -0.1) is 11.3 Å². The molecule has 0 spiro atoms. The molecule has 0 bridgehead atoms. The van der Waals surface area contributed by atoms with Gasteiger partial charge in [-0.05, 0) is 65.1 Å². The Labute approximate surface area is 230 Å². The molecule has 0 saturated heterocycles. The van der Waals surface area contributed by atoms with Gasteiger partial charge in [-0.3, -0.25) is 4.79 Å². The van der Waals surface area contributed by atoms with Crippen molar-refractivity contribution in [2.45, 2.75) is 82.3 Å². The first-order valence-electron chi connectivity index (χ1n) is 13.2. The average molecular weight is 557 g/mol. The van der Waals surface area contributed by atoms with Crippen molar-refractivity contribution >= 4 is 27.3 Å². The van der Waals surface area contributed by atoms with Gasteiger partial charge in [0.1, 0.15) is 5.82 Å². The zero-order valence-electron chi connectivity index (χ0n) is 22.4. The molecule has 1 aliphatic carbocycles. The van der Waals surface area contributed by atoms with E-state index in [1.807, 2.05) is 29.6 Å². The van der Waals surface area contributed by atoms with Crippen molar-refractivity contribution in [2.24, 2.45) is 0 Å². The molecule has 8 heteroatoms. The highest BCUT2D eigenvalue weighted by molar-refractivity contribution is 7.89. The fourth-order valence-corrected chi connectivity index (χ4v) is 7.26. The normalized spacial score (nSPS) is 15.1. The summed E-state index contributed by atoms with van der Waals surface area (Å²) in [5.74, 6) is -0.597. The Balaban J connectivity index is 1.63. The summed E-state index contributed by atoms with van der Waals surface area (Å²) in [6, 6.07) is 16.8. The minimum absolute atomic E-state index is 0.0933. The lowest BCUT2D eigenvalue weighted by Crippen LogP contribution is -2.47. The second-order valence-electron chi connectivity index (χ2n) is 11.1. The Morgan fingerprint density at radius 3 is 2.18 bits per heavy atom. The zero-order valence-corrected chi connectivity index (χ0v) is 24.0. The Bertz CT molecular complexity index is 1290. The monoisotopic (exact) mass is 556 g/mol. The number of benzene rings is 2. The molecule has 1 aliphatic rings. The van der Waals surface area contributed by atoms with Gasteiger partial charge >= 0.3 is 0 Å². The van der Waals surface area contributed by atoms with Gasteiger partial charge < -0.3 is 4.90 Å². The van der Waals surface area contributed by atoms with E-state index in [0.717, 1.165) is 48.1 Å². The summed E-state index contributed by atoms with van der Waals surface area (Å²) in [6.45, 7) is 6.69. The molecule has 3 aromatic rings. The molecule has 0 radical (unpaired) electrons. The maximum absolute atomic E-state index is 14.0. The molecule has 1 fully saturated rings. The second kappa shape index (κ2) is 12.1. The predicted octanol–water partition coefficient (Wildman–Crippen LogP) is 6.74. The first-order chi connectivity index (χ1) is 18.0. The Kier molecular flexibility index (Phi) is 9.06. The molecule has 1 amide bonds. The van der Waals surface area contributed by atoms with Crippen LogP contribution in [0, 0.1) is 5.82 Å². The van der Waals surface area contributed by atoms with Crippen LogP contribution in [-0.2, 0) is 33.3 Å². The highest BCUT2D eigenvalue weighted by Crippen LogP contribution is 2.30. The Hall–Kier alpha value is -2.55. The number of thiophene rings is 1. The van der Waals surface area contributed by atoms with Crippen LogP contribution in [0.3, 0.4) is 0 Å². The third kappa shape index (κ3) is 7.10. The zero-order chi connectivity index (χ0) is 27.3. The summed E-state index contributed by atoms with van der Waals surface area (Å²) >= 11 is 1.55. The first-order valence-corrected chi connectivity index (χ1v) is 15.5. The molecule has 38 heavy (non-hydrogen) atoms. The lowest BCUT2D eigenvalue weighted by Gasteiger charge is -2.34. The van der Waals surface area contributed by atoms with E-state index < -0.39 is 10.0 Å². The van der Waals surface area contributed by atoms with Crippen LogP contribution in [-0.4, -0.2) is 36.1 Å². The molecule has 2 aromatic carbocycles. The van der Waals surface area contributed by atoms with E-state index in [9.17, 15) is 17.6 Å². The predicted molar refractivity (Wildman–Crippen MR) is 151 cm³/mol. The van der Waals surface area contributed by atoms with Gasteiger partial charge in [-0.25, -0.2) is 12.8 Å². The number of halogens is 1. The van der Waals surface area contributed by atoms with E-state index in [-0.39, 0.29) is 41.2 Å². The average Bonchev–Trinajstić information content (AvgIpc) is 3.41. The Morgan fingerprint density at radius 2 is 1.61 bits per heavy atom. The standard InChI is InChI=1S/C30H37FN2O3S2/c1-30(2,3)24-13-17-28(18-14-24)38(35,36)33(26-8-5-4-6-9-26)22-29(34)32(21-27-10-7-19-37-27)20-23-11-15-25(31)16-12-23/h7,10-19,26H,4-6,8-9,20-22H2,1-3H3. The molecule has 5 nitrogen and oxygen atoms in total. The summed E-state index contributed by atoms with van der Waals surface area (Å²) in [5.41, 5.74) is 1.75. The minimum atomic E-state index is -3.89. The summed E-state index contributed by atoms with van der Waals surface area (Å²) < 4.78 is 42.9. The molecule has 204 valence electrons. The van der Waals surface area contributed by atoms with E-state index in [1.165, 1.54) is 16.4 Å². The fourth-order valence-electron chi connectivity index (χ4n) is 4.91. The van der Waals surface area contributed by atoms with Crippen LogP contribution in [0.5, 0.6) is 0 Å². The number of nitrogens with zero attached hydrogens (tertiary/aromatic N) is 2. The third-order valence-electron chi connectivity index (χ3n) is 7.17. The Morgan fingerprint density at radius 1 is 0.947 bits per heavy atom. The smallest absolute Gasteiger partial charge is 0.243 e. The molecule has 0 aliphatic heterocycles. The molecule has 0 N–H and O–H groups in total. The molecule has 0 atom stereocenters. The van der Waals surface area contributed by atoms with E-state index in [4.69, 9.17) is 0 Å². The van der Waals surface area contributed by atoms with E-state index >= 15 is 0 Å². The SMILES string of the molecule is CC(C)(C)c1ccc(S(=O)(=O)N(CC(=O)N(Cc2ccc(F)cc2)Cc2cccs2)C2CCCCC2)cc1. The van der Waals surface area contributed by atoms with Crippen molar-refractivity contribution in [3.63, 3.8) is 0 Å². The molecular weight excluding hydrogens is 519 g/mol. The summed E-state index contributed by atoms with van der Waals surface area (Å²) in [5, 5.41) is 1.95. The maximum Gasteiger partial charge on any atom is 0.243 e. The van der Waals surface area contributed by atoms with Gasteiger partial charge in [0, 0.05) is 17.5 Å². The van der Waals surface area contributed by atoms with Crippen molar-refractivity contribution in [3.8, 4) is 0 Å². The second-order valence-corrected chi connectivity index (χ2v) is 14.0. The number of amides is 1. The van der Waals surface area contributed by atoms with Gasteiger partial charge in [0.25, 0.3) is 0 Å². The molecule has 0 unspecified atom stereocenters. The van der Waals surface area contributed by atoms with Crippen LogP contribution in [0.15, 0.2) is 70.9 Å². The first kappa shape index (κ1) is 28.5. The highest BCUT2D eigenvalue weighted by Gasteiger charge is 2.35. The van der Waals surface area contributed by atoms with Crippen LogP contribution in [0.1, 0.15) is 68.9 Å². The largest absolute Gasteiger partial charge is 0.332 e. The maximum atomic E-state index is 14.0. The highest BCUT2D eigenvalue weighted by atomic mass is 32.2. The third-order valence-corrected chi connectivity index (χ3v) is 9.94. The van der Waals surface area contributed by atoms with Crippen molar-refractivity contribution in [3.05, 3.63) is 87.9 Å².